The molecule has 1 aliphatic carbocycles. The molecule has 0 saturated heterocycles. The van der Waals surface area contributed by atoms with Crippen LogP contribution in [0.2, 0.25) is 0 Å². The lowest BCUT2D eigenvalue weighted by molar-refractivity contribution is -0.118. The Morgan fingerprint density at radius 3 is 2.46 bits per heavy atom. The first-order valence-corrected chi connectivity index (χ1v) is 8.65. The van der Waals surface area contributed by atoms with E-state index in [0.717, 1.165) is 31.2 Å². The number of rotatable bonds is 5. The third kappa shape index (κ3) is 3.82. The monoisotopic (exact) mass is 354 g/mol. The maximum Gasteiger partial charge on any atom is 0.251 e. The molecule has 1 aromatic carbocycles. The van der Waals surface area contributed by atoms with E-state index in [1.54, 1.807) is 44.3 Å². The molecule has 2 aromatic rings. The molecule has 136 valence electrons. The summed E-state index contributed by atoms with van der Waals surface area (Å²) in [4.78, 5) is 28.3. The second-order valence-corrected chi connectivity index (χ2v) is 6.45. The highest BCUT2D eigenvalue weighted by atomic mass is 16.5. The summed E-state index contributed by atoms with van der Waals surface area (Å²) in [7, 11) is 1.59. The molecule has 1 aliphatic rings. The lowest BCUT2D eigenvalue weighted by Gasteiger charge is -2.25. The summed E-state index contributed by atoms with van der Waals surface area (Å²) >= 11 is 0. The quantitative estimate of drug-likeness (QED) is 0.803. The second kappa shape index (κ2) is 7.51. The van der Waals surface area contributed by atoms with Crippen LogP contribution in [-0.2, 0) is 10.3 Å². The van der Waals surface area contributed by atoms with Crippen molar-refractivity contribution in [2.24, 2.45) is 0 Å². The normalized spacial score (nSPS) is 15.9. The van der Waals surface area contributed by atoms with Gasteiger partial charge in [0, 0.05) is 25.6 Å². The predicted octanol–water partition coefficient (Wildman–Crippen LogP) is 2.34. The van der Waals surface area contributed by atoms with Crippen LogP contribution >= 0.6 is 0 Å². The number of benzene rings is 1. The number of hydrogen-bond donors (Lipinski definition) is 2. The van der Waals surface area contributed by atoms with E-state index < -0.39 is 5.54 Å². The average Bonchev–Trinajstić information content (AvgIpc) is 3.29. The van der Waals surface area contributed by atoms with Gasteiger partial charge >= 0.3 is 0 Å². The van der Waals surface area contributed by atoms with Gasteiger partial charge in [0.25, 0.3) is 5.91 Å². The first-order chi connectivity index (χ1) is 12.5. The Labute approximate surface area is 151 Å². The number of aryl methyl sites for hydroxylation is 1. The lowest BCUT2D eigenvalue weighted by Crippen LogP contribution is -2.44. The topological polar surface area (TPSA) is 97.1 Å². The minimum atomic E-state index is -0.553. The number of nitrogens with one attached hydrogen (secondary N) is 2. The summed E-state index contributed by atoms with van der Waals surface area (Å²) in [5.41, 5.74) is 0.859. The van der Waals surface area contributed by atoms with E-state index in [1.165, 1.54) is 6.08 Å². The Morgan fingerprint density at radius 1 is 1.19 bits per heavy atom. The summed E-state index contributed by atoms with van der Waals surface area (Å²) in [6.45, 7) is 1.74. The van der Waals surface area contributed by atoms with Crippen molar-refractivity contribution in [2.45, 2.75) is 38.1 Å². The molecule has 0 unspecified atom stereocenters. The van der Waals surface area contributed by atoms with Crippen molar-refractivity contribution < 1.29 is 14.1 Å². The lowest BCUT2D eigenvalue weighted by atomic mass is 9.96. The SMILES string of the molecule is CNC(=O)c1ccc(/C=C/C(=O)NC2(c3noc(C)n3)CCCC2)cc1. The minimum absolute atomic E-state index is 0.142. The highest BCUT2D eigenvalue weighted by molar-refractivity contribution is 5.95. The van der Waals surface area contributed by atoms with Gasteiger partial charge in [-0.1, -0.05) is 30.1 Å². The number of carbonyl (C=O) groups excluding carboxylic acids is 2. The maximum absolute atomic E-state index is 12.4. The molecule has 1 aromatic heterocycles. The fourth-order valence-electron chi connectivity index (χ4n) is 3.22. The minimum Gasteiger partial charge on any atom is -0.355 e. The first kappa shape index (κ1) is 17.8. The Morgan fingerprint density at radius 2 is 1.88 bits per heavy atom. The van der Waals surface area contributed by atoms with Gasteiger partial charge in [-0.05, 0) is 36.6 Å². The predicted molar refractivity (Wildman–Crippen MR) is 96.2 cm³/mol. The average molecular weight is 354 g/mol. The van der Waals surface area contributed by atoms with Crippen molar-refractivity contribution in [3.8, 4) is 0 Å². The number of amides is 2. The molecule has 1 heterocycles. The van der Waals surface area contributed by atoms with Gasteiger partial charge < -0.3 is 15.2 Å². The molecule has 3 rings (SSSR count). The van der Waals surface area contributed by atoms with E-state index in [1.807, 2.05) is 0 Å². The number of carbonyl (C=O) groups is 2. The van der Waals surface area contributed by atoms with Crippen LogP contribution in [0.15, 0.2) is 34.9 Å². The zero-order chi connectivity index (χ0) is 18.6. The molecule has 1 saturated carbocycles. The van der Waals surface area contributed by atoms with Crippen molar-refractivity contribution in [1.29, 1.82) is 0 Å². The van der Waals surface area contributed by atoms with Crippen LogP contribution in [0.3, 0.4) is 0 Å². The number of aromatic nitrogens is 2. The second-order valence-electron chi connectivity index (χ2n) is 6.45. The molecule has 1 fully saturated rings. The fraction of sp³-hybridized carbons (Fsp3) is 0.368. The van der Waals surface area contributed by atoms with E-state index in [-0.39, 0.29) is 11.8 Å². The zero-order valence-corrected chi connectivity index (χ0v) is 14.9. The Kier molecular flexibility index (Phi) is 5.16. The van der Waals surface area contributed by atoms with Gasteiger partial charge in [-0.25, -0.2) is 0 Å². The Bertz CT molecular complexity index is 818. The molecule has 2 N–H and O–H groups in total. The van der Waals surface area contributed by atoms with Crippen molar-refractivity contribution in [3.63, 3.8) is 0 Å². The van der Waals surface area contributed by atoms with E-state index in [0.29, 0.717) is 17.3 Å². The van der Waals surface area contributed by atoms with Gasteiger partial charge in [0.15, 0.2) is 5.82 Å². The molecular formula is C19H22N4O3. The fourth-order valence-corrected chi connectivity index (χ4v) is 3.22. The summed E-state index contributed by atoms with van der Waals surface area (Å²) in [5.74, 6) is 0.693. The van der Waals surface area contributed by atoms with Gasteiger partial charge in [-0.15, -0.1) is 0 Å². The van der Waals surface area contributed by atoms with Crippen LogP contribution in [0.5, 0.6) is 0 Å². The van der Waals surface area contributed by atoms with Crippen LogP contribution in [0, 0.1) is 6.92 Å². The van der Waals surface area contributed by atoms with Crippen LogP contribution < -0.4 is 10.6 Å². The summed E-state index contributed by atoms with van der Waals surface area (Å²) in [5, 5.41) is 9.64. The first-order valence-electron chi connectivity index (χ1n) is 8.65. The molecule has 2 amide bonds. The Hall–Kier alpha value is -2.96. The maximum atomic E-state index is 12.4. The summed E-state index contributed by atoms with van der Waals surface area (Å²) < 4.78 is 5.09. The molecule has 26 heavy (non-hydrogen) atoms. The standard InChI is InChI=1S/C19H22N4O3/c1-13-21-18(23-26-13)19(11-3-4-12-19)22-16(24)10-7-14-5-8-15(9-6-14)17(25)20-2/h5-10H,3-4,11-12H2,1-2H3,(H,20,25)(H,22,24)/b10-7+. The van der Waals surface area contributed by atoms with Crippen LogP contribution in [0.4, 0.5) is 0 Å². The molecular weight excluding hydrogens is 332 g/mol. The van der Waals surface area contributed by atoms with Crippen molar-refractivity contribution >= 4 is 17.9 Å². The third-order valence-corrected chi connectivity index (χ3v) is 4.60. The molecule has 0 spiro atoms. The van der Waals surface area contributed by atoms with E-state index in [9.17, 15) is 9.59 Å². The van der Waals surface area contributed by atoms with E-state index in [2.05, 4.69) is 20.8 Å². The molecule has 0 atom stereocenters. The number of nitrogens with zero attached hydrogens (tertiary/aromatic N) is 2. The van der Waals surface area contributed by atoms with E-state index >= 15 is 0 Å². The number of hydrogen-bond acceptors (Lipinski definition) is 5. The van der Waals surface area contributed by atoms with E-state index in [4.69, 9.17) is 4.52 Å². The highest BCUT2D eigenvalue weighted by Crippen LogP contribution is 2.37. The largest absolute Gasteiger partial charge is 0.355 e. The van der Waals surface area contributed by atoms with Gasteiger partial charge in [-0.2, -0.15) is 4.98 Å². The van der Waals surface area contributed by atoms with Crippen LogP contribution in [-0.4, -0.2) is 29.0 Å². The third-order valence-electron chi connectivity index (χ3n) is 4.60. The smallest absolute Gasteiger partial charge is 0.251 e. The van der Waals surface area contributed by atoms with Crippen LogP contribution in [0.1, 0.15) is 53.3 Å². The summed E-state index contributed by atoms with van der Waals surface area (Å²) in [6, 6.07) is 7.03. The van der Waals surface area contributed by atoms with Gasteiger partial charge in [0.1, 0.15) is 5.54 Å². The zero-order valence-electron chi connectivity index (χ0n) is 14.9. The van der Waals surface area contributed by atoms with Crippen molar-refractivity contribution in [1.82, 2.24) is 20.8 Å². The molecule has 7 nitrogen and oxygen atoms in total. The van der Waals surface area contributed by atoms with Gasteiger partial charge in [-0.3, -0.25) is 9.59 Å². The molecule has 0 bridgehead atoms. The van der Waals surface area contributed by atoms with Gasteiger partial charge in [0.05, 0.1) is 0 Å². The van der Waals surface area contributed by atoms with Crippen molar-refractivity contribution in [3.05, 3.63) is 53.2 Å². The van der Waals surface area contributed by atoms with Gasteiger partial charge in [0.2, 0.25) is 11.8 Å². The molecule has 0 radical (unpaired) electrons. The molecule has 0 aliphatic heterocycles. The van der Waals surface area contributed by atoms with Crippen LogP contribution in [0.25, 0.3) is 6.08 Å². The molecule has 7 heteroatoms. The highest BCUT2D eigenvalue weighted by Gasteiger charge is 2.40. The Balaban J connectivity index is 1.69. The van der Waals surface area contributed by atoms with Crippen molar-refractivity contribution in [2.75, 3.05) is 7.05 Å². The summed E-state index contributed by atoms with van der Waals surface area (Å²) in [6.07, 6.45) is 6.82.